The number of nitrogens with one attached hydrogen (secondary N) is 3. The highest BCUT2D eigenvalue weighted by molar-refractivity contribution is 6.31. The van der Waals surface area contributed by atoms with Gasteiger partial charge < -0.3 is 20.5 Å². The number of rotatable bonds is 9. The van der Waals surface area contributed by atoms with E-state index in [0.717, 1.165) is 18.3 Å². The molecular weight excluding hydrogens is 520 g/mol. The van der Waals surface area contributed by atoms with Crippen LogP contribution in [-0.2, 0) is 4.79 Å². The Kier molecular flexibility index (Phi) is 8.40. The lowest BCUT2D eigenvalue weighted by molar-refractivity contribution is -0.131. The number of benzene rings is 1. The zero-order chi connectivity index (χ0) is 27.2. The molecule has 0 unspecified atom stereocenters. The minimum absolute atomic E-state index is 0.0112. The zero-order valence-corrected chi connectivity index (χ0v) is 19.5. The summed E-state index contributed by atoms with van der Waals surface area (Å²) in [5, 5.41) is 21.3. The summed E-state index contributed by atoms with van der Waals surface area (Å²) < 4.78 is 56.7. The van der Waals surface area contributed by atoms with Gasteiger partial charge in [-0.1, -0.05) is 11.6 Å². The van der Waals surface area contributed by atoms with Crippen molar-refractivity contribution >= 4 is 46.8 Å². The molecule has 192 valence electrons. The standard InChI is InChI=1S/C23H17ClF4N6O3/c1-37-21-12(2-5-19(35)36)8-13(10-31-21)15-11-32-22(33-14-3-4-17(25)16(24)9-14)34-20(15)30-7-6-18(29)23(26,27)28/h2-11,29H,1H3,(H,35,36)(H2,30,32,33,34)/b5-2+,7-6-,29-18?. The van der Waals surface area contributed by atoms with Crippen LogP contribution < -0.4 is 15.4 Å². The molecule has 0 saturated carbocycles. The summed E-state index contributed by atoms with van der Waals surface area (Å²) in [6.07, 6.45) is 1.38. The predicted molar refractivity (Wildman–Crippen MR) is 130 cm³/mol. The second-order valence-electron chi connectivity index (χ2n) is 7.09. The van der Waals surface area contributed by atoms with E-state index >= 15 is 0 Å². The smallest absolute Gasteiger partial charge is 0.432 e. The van der Waals surface area contributed by atoms with E-state index in [0.29, 0.717) is 22.9 Å². The van der Waals surface area contributed by atoms with Gasteiger partial charge in [0.15, 0.2) is 0 Å². The lowest BCUT2D eigenvalue weighted by Crippen LogP contribution is -2.19. The zero-order valence-electron chi connectivity index (χ0n) is 18.8. The van der Waals surface area contributed by atoms with Crippen molar-refractivity contribution in [2.24, 2.45) is 0 Å². The molecule has 0 aliphatic carbocycles. The highest BCUT2D eigenvalue weighted by atomic mass is 35.5. The maximum Gasteiger partial charge on any atom is 0.432 e. The van der Waals surface area contributed by atoms with Crippen molar-refractivity contribution in [3.8, 4) is 17.0 Å². The number of aliphatic carboxylic acids is 1. The summed E-state index contributed by atoms with van der Waals surface area (Å²) in [7, 11) is 1.35. The number of ether oxygens (including phenoxy) is 1. The van der Waals surface area contributed by atoms with Gasteiger partial charge in [-0.2, -0.15) is 18.2 Å². The molecule has 1 aromatic carbocycles. The van der Waals surface area contributed by atoms with E-state index in [1.54, 1.807) is 0 Å². The number of allylic oxidation sites excluding steroid dienone is 1. The van der Waals surface area contributed by atoms with Gasteiger partial charge in [0, 0.05) is 47.0 Å². The Morgan fingerprint density at radius 1 is 1.19 bits per heavy atom. The molecule has 37 heavy (non-hydrogen) atoms. The van der Waals surface area contributed by atoms with E-state index in [1.807, 2.05) is 0 Å². The van der Waals surface area contributed by atoms with Crippen LogP contribution in [0.2, 0.25) is 5.02 Å². The summed E-state index contributed by atoms with van der Waals surface area (Å²) in [5.41, 5.74) is -0.324. The third-order valence-electron chi connectivity index (χ3n) is 4.53. The largest absolute Gasteiger partial charge is 0.481 e. The number of nitrogens with zero attached hydrogens (tertiary/aromatic N) is 3. The lowest BCUT2D eigenvalue weighted by atomic mass is 10.1. The Morgan fingerprint density at radius 2 is 1.95 bits per heavy atom. The lowest BCUT2D eigenvalue weighted by Gasteiger charge is -2.13. The van der Waals surface area contributed by atoms with Crippen LogP contribution in [0.5, 0.6) is 5.88 Å². The molecule has 4 N–H and O–H groups in total. The molecule has 0 amide bonds. The van der Waals surface area contributed by atoms with Crippen LogP contribution in [0, 0.1) is 11.2 Å². The molecule has 0 aliphatic rings. The van der Waals surface area contributed by atoms with Crippen LogP contribution in [0.15, 0.2) is 55.0 Å². The molecule has 3 aromatic rings. The predicted octanol–water partition coefficient (Wildman–Crippen LogP) is 5.69. The van der Waals surface area contributed by atoms with Gasteiger partial charge in [-0.15, -0.1) is 0 Å². The van der Waals surface area contributed by atoms with Crippen molar-refractivity contribution in [1.82, 2.24) is 15.0 Å². The fraction of sp³-hybridized carbons (Fsp3) is 0.0870. The van der Waals surface area contributed by atoms with E-state index < -0.39 is 23.7 Å². The summed E-state index contributed by atoms with van der Waals surface area (Å²) in [4.78, 5) is 23.5. The van der Waals surface area contributed by atoms with Crippen LogP contribution >= 0.6 is 11.6 Å². The van der Waals surface area contributed by atoms with Crippen LogP contribution in [0.4, 0.5) is 35.0 Å². The average molecular weight is 537 g/mol. The fourth-order valence-electron chi connectivity index (χ4n) is 2.83. The summed E-state index contributed by atoms with van der Waals surface area (Å²) in [6, 6.07) is 5.31. The normalized spacial score (nSPS) is 11.6. The van der Waals surface area contributed by atoms with E-state index in [-0.39, 0.29) is 28.2 Å². The van der Waals surface area contributed by atoms with Gasteiger partial charge in [-0.05, 0) is 36.4 Å². The number of methoxy groups -OCH3 is 1. The number of carboxylic acids is 1. The number of carboxylic acid groups (broad SMARTS) is 1. The number of anilines is 3. The fourth-order valence-corrected chi connectivity index (χ4v) is 3.01. The monoisotopic (exact) mass is 536 g/mol. The number of aromatic nitrogens is 3. The van der Waals surface area contributed by atoms with Gasteiger partial charge >= 0.3 is 12.1 Å². The maximum absolute atomic E-state index is 13.5. The number of carbonyl (C=O) groups is 1. The number of alkyl halides is 3. The Labute approximate surface area is 212 Å². The summed E-state index contributed by atoms with van der Waals surface area (Å²) in [5.74, 6) is -1.71. The summed E-state index contributed by atoms with van der Waals surface area (Å²) >= 11 is 5.79. The van der Waals surface area contributed by atoms with Gasteiger partial charge in [-0.25, -0.2) is 19.2 Å². The Bertz CT molecular complexity index is 1400. The van der Waals surface area contributed by atoms with Gasteiger partial charge in [0.25, 0.3) is 0 Å². The average Bonchev–Trinajstić information content (AvgIpc) is 2.84. The van der Waals surface area contributed by atoms with E-state index in [1.165, 1.54) is 43.8 Å². The Hall–Kier alpha value is -4.52. The van der Waals surface area contributed by atoms with Crippen molar-refractivity contribution in [3.63, 3.8) is 0 Å². The molecular formula is C23H17ClF4N6O3. The molecule has 3 rings (SSSR count). The van der Waals surface area contributed by atoms with Crippen molar-refractivity contribution in [2.75, 3.05) is 17.7 Å². The highest BCUT2D eigenvalue weighted by Gasteiger charge is 2.32. The number of halogens is 5. The van der Waals surface area contributed by atoms with E-state index in [4.69, 9.17) is 26.9 Å². The van der Waals surface area contributed by atoms with E-state index in [2.05, 4.69) is 25.6 Å². The van der Waals surface area contributed by atoms with Gasteiger partial charge in [-0.3, -0.25) is 5.41 Å². The first-order valence-corrected chi connectivity index (χ1v) is 10.5. The Morgan fingerprint density at radius 3 is 2.59 bits per heavy atom. The van der Waals surface area contributed by atoms with Gasteiger partial charge in [0.2, 0.25) is 11.8 Å². The molecule has 0 saturated heterocycles. The third kappa shape index (κ3) is 7.24. The molecule has 0 spiro atoms. The van der Waals surface area contributed by atoms with Crippen LogP contribution in [0.25, 0.3) is 17.2 Å². The molecule has 9 nitrogen and oxygen atoms in total. The molecule has 0 fully saturated rings. The number of hydrogen-bond acceptors (Lipinski definition) is 8. The van der Waals surface area contributed by atoms with Crippen molar-refractivity contribution in [3.05, 3.63) is 71.4 Å². The van der Waals surface area contributed by atoms with E-state index in [9.17, 15) is 22.4 Å². The first-order chi connectivity index (χ1) is 17.5. The van der Waals surface area contributed by atoms with Crippen LogP contribution in [-0.4, -0.2) is 45.0 Å². The maximum atomic E-state index is 13.5. The molecule has 0 aliphatic heterocycles. The van der Waals surface area contributed by atoms with Crippen molar-refractivity contribution in [1.29, 1.82) is 5.41 Å². The van der Waals surface area contributed by atoms with Crippen LogP contribution in [0.3, 0.4) is 0 Å². The topological polar surface area (TPSA) is 133 Å². The first-order valence-electron chi connectivity index (χ1n) is 10.1. The number of pyridine rings is 1. The SMILES string of the molecule is COc1ncc(-c2cnc(Nc3ccc(F)c(Cl)c3)nc2N/C=C\C(=N)C(F)(F)F)cc1/C=C/C(=O)O. The highest BCUT2D eigenvalue weighted by Crippen LogP contribution is 2.31. The number of hydrogen-bond donors (Lipinski definition) is 4. The quantitative estimate of drug-likeness (QED) is 0.156. The van der Waals surface area contributed by atoms with Gasteiger partial charge in [0.05, 0.1) is 12.1 Å². The second kappa shape index (κ2) is 11.5. The van der Waals surface area contributed by atoms with Crippen molar-refractivity contribution in [2.45, 2.75) is 6.18 Å². The minimum atomic E-state index is -4.84. The van der Waals surface area contributed by atoms with Gasteiger partial charge in [0.1, 0.15) is 17.3 Å². The Balaban J connectivity index is 2.03. The minimum Gasteiger partial charge on any atom is -0.481 e. The molecule has 0 atom stereocenters. The molecule has 14 heteroatoms. The molecule has 2 heterocycles. The van der Waals surface area contributed by atoms with Crippen LogP contribution in [0.1, 0.15) is 5.56 Å². The first kappa shape index (κ1) is 27.1. The third-order valence-corrected chi connectivity index (χ3v) is 4.82. The molecule has 2 aromatic heterocycles. The molecule has 0 radical (unpaired) electrons. The second-order valence-corrected chi connectivity index (χ2v) is 7.50. The van der Waals surface area contributed by atoms with Crippen molar-refractivity contribution < 1.29 is 32.2 Å². The summed E-state index contributed by atoms with van der Waals surface area (Å²) in [6.45, 7) is 0. The molecule has 0 bridgehead atoms.